The number of para-hydroxylation sites is 1. The second-order valence-electron chi connectivity index (χ2n) is 9.21. The molecule has 7 nitrogen and oxygen atoms in total. The molecule has 5 rings (SSSR count). The summed E-state index contributed by atoms with van der Waals surface area (Å²) in [5, 5.41) is 16.8. The highest BCUT2D eigenvalue weighted by molar-refractivity contribution is 6.03. The van der Waals surface area contributed by atoms with Gasteiger partial charge in [-0.1, -0.05) is 30.7 Å². The molecule has 190 valence electrons. The van der Waals surface area contributed by atoms with E-state index in [0.717, 1.165) is 36.5 Å². The van der Waals surface area contributed by atoms with Gasteiger partial charge in [0.2, 0.25) is 5.91 Å². The van der Waals surface area contributed by atoms with Crippen LogP contribution < -0.4 is 15.4 Å². The molecule has 2 N–H and O–H groups in total. The van der Waals surface area contributed by atoms with Gasteiger partial charge in [-0.3, -0.25) is 14.7 Å². The number of fused-ring (bicyclic) bond motifs is 1. The van der Waals surface area contributed by atoms with Crippen molar-refractivity contribution in [1.29, 1.82) is 5.26 Å². The number of rotatable bonds is 8. The number of hydrogen-bond acceptors (Lipinski definition) is 6. The molecular formula is C31H29N5O2. The van der Waals surface area contributed by atoms with Gasteiger partial charge in [-0.2, -0.15) is 5.26 Å². The number of nitrogens with one attached hydrogen (secondary N) is 2. The van der Waals surface area contributed by atoms with Gasteiger partial charge in [0, 0.05) is 35.6 Å². The first-order valence-electron chi connectivity index (χ1n) is 12.8. The van der Waals surface area contributed by atoms with Crippen molar-refractivity contribution in [3.8, 4) is 17.6 Å². The third-order valence-electron chi connectivity index (χ3n) is 6.44. The van der Waals surface area contributed by atoms with E-state index >= 15 is 0 Å². The minimum atomic E-state index is -0.186. The van der Waals surface area contributed by atoms with Crippen molar-refractivity contribution in [2.75, 3.05) is 30.3 Å². The van der Waals surface area contributed by atoms with Crippen LogP contribution >= 0.6 is 0 Å². The summed E-state index contributed by atoms with van der Waals surface area (Å²) in [6, 6.07) is 24.8. The standard InChI is InChI=1S/C31H29N5O2/c32-21-23-22-33-29-16-13-25(34-30(37)10-7-19-36-17-5-2-6-18-36)20-28(29)31(23)35-24-11-14-27(15-12-24)38-26-8-3-1-4-9-26/h1,3-4,7-16,20,22H,2,5-6,17-19H2,(H,33,35)(H,34,37). The average molecular weight is 504 g/mol. The summed E-state index contributed by atoms with van der Waals surface area (Å²) in [6.45, 7) is 2.96. The summed E-state index contributed by atoms with van der Waals surface area (Å²) in [5.74, 6) is 1.28. The number of pyridine rings is 1. The molecular weight excluding hydrogens is 474 g/mol. The molecule has 4 aromatic rings. The summed E-state index contributed by atoms with van der Waals surface area (Å²) in [5.41, 5.74) is 3.19. The number of carbonyl (C=O) groups is 1. The van der Waals surface area contributed by atoms with Crippen molar-refractivity contribution in [1.82, 2.24) is 9.88 Å². The lowest BCUT2D eigenvalue weighted by Gasteiger charge is -2.24. The second-order valence-corrected chi connectivity index (χ2v) is 9.21. The van der Waals surface area contributed by atoms with Gasteiger partial charge >= 0.3 is 0 Å². The molecule has 1 amide bonds. The zero-order chi connectivity index (χ0) is 26.2. The lowest BCUT2D eigenvalue weighted by molar-refractivity contribution is -0.111. The Hall–Kier alpha value is -4.67. The predicted molar refractivity (Wildman–Crippen MR) is 151 cm³/mol. The lowest BCUT2D eigenvalue weighted by Crippen LogP contribution is -2.29. The van der Waals surface area contributed by atoms with Gasteiger partial charge in [0.15, 0.2) is 0 Å². The molecule has 1 saturated heterocycles. The highest BCUT2D eigenvalue weighted by atomic mass is 16.5. The zero-order valence-electron chi connectivity index (χ0n) is 21.1. The minimum absolute atomic E-state index is 0.186. The van der Waals surface area contributed by atoms with Crippen LogP contribution in [0.25, 0.3) is 10.9 Å². The SMILES string of the molecule is N#Cc1cnc2ccc(NC(=O)C=CCN3CCCCC3)cc2c1Nc1ccc(Oc2ccccc2)cc1. The Kier molecular flexibility index (Phi) is 7.92. The van der Waals surface area contributed by atoms with Gasteiger partial charge in [0.1, 0.15) is 17.6 Å². The topological polar surface area (TPSA) is 90.3 Å². The molecule has 1 fully saturated rings. The van der Waals surface area contributed by atoms with Crippen LogP contribution in [0.1, 0.15) is 24.8 Å². The third kappa shape index (κ3) is 6.36. The van der Waals surface area contributed by atoms with Crippen molar-refractivity contribution in [3.63, 3.8) is 0 Å². The fourth-order valence-corrected chi connectivity index (χ4v) is 4.50. The van der Waals surface area contributed by atoms with Crippen LogP contribution in [0.4, 0.5) is 17.1 Å². The maximum atomic E-state index is 12.5. The van der Waals surface area contributed by atoms with E-state index in [1.807, 2.05) is 78.9 Å². The number of nitrogens with zero attached hydrogens (tertiary/aromatic N) is 3. The third-order valence-corrected chi connectivity index (χ3v) is 6.44. The molecule has 0 spiro atoms. The van der Waals surface area contributed by atoms with Gasteiger partial charge in [0.25, 0.3) is 0 Å². The molecule has 1 aliphatic heterocycles. The number of amides is 1. The number of aromatic nitrogens is 1. The Morgan fingerprint density at radius 3 is 2.47 bits per heavy atom. The molecule has 1 aromatic heterocycles. The van der Waals surface area contributed by atoms with Gasteiger partial charge in [-0.05, 0) is 80.5 Å². The van der Waals surface area contributed by atoms with E-state index in [-0.39, 0.29) is 5.91 Å². The van der Waals surface area contributed by atoms with E-state index in [1.165, 1.54) is 19.3 Å². The van der Waals surface area contributed by atoms with Crippen molar-refractivity contribution in [2.24, 2.45) is 0 Å². The van der Waals surface area contributed by atoms with Crippen LogP contribution in [-0.2, 0) is 4.79 Å². The summed E-state index contributed by atoms with van der Waals surface area (Å²) in [6.07, 6.45) is 8.78. The van der Waals surface area contributed by atoms with E-state index in [0.29, 0.717) is 28.2 Å². The first kappa shape index (κ1) is 25.0. The number of carbonyl (C=O) groups excluding carboxylic acids is 1. The number of benzene rings is 3. The number of anilines is 3. The van der Waals surface area contributed by atoms with E-state index in [2.05, 4.69) is 26.6 Å². The molecule has 1 aliphatic rings. The number of hydrogen-bond donors (Lipinski definition) is 2. The van der Waals surface area contributed by atoms with Crippen molar-refractivity contribution in [3.05, 3.63) is 96.7 Å². The molecule has 0 atom stereocenters. The molecule has 7 heteroatoms. The van der Waals surface area contributed by atoms with Gasteiger partial charge in [-0.25, -0.2) is 0 Å². The van der Waals surface area contributed by atoms with Crippen molar-refractivity contribution < 1.29 is 9.53 Å². The summed E-state index contributed by atoms with van der Waals surface area (Å²) in [7, 11) is 0. The Balaban J connectivity index is 1.31. The van der Waals surface area contributed by atoms with E-state index in [4.69, 9.17) is 4.74 Å². The van der Waals surface area contributed by atoms with Crippen molar-refractivity contribution >= 4 is 33.9 Å². The monoisotopic (exact) mass is 503 g/mol. The summed E-state index contributed by atoms with van der Waals surface area (Å²) < 4.78 is 5.88. The van der Waals surface area contributed by atoms with Crippen LogP contribution in [0, 0.1) is 11.3 Å². The van der Waals surface area contributed by atoms with E-state index in [1.54, 1.807) is 12.3 Å². The first-order valence-corrected chi connectivity index (χ1v) is 12.8. The normalized spacial score (nSPS) is 13.8. The Morgan fingerprint density at radius 2 is 1.71 bits per heavy atom. The molecule has 0 radical (unpaired) electrons. The molecule has 38 heavy (non-hydrogen) atoms. The van der Waals surface area contributed by atoms with Gasteiger partial charge < -0.3 is 15.4 Å². The summed E-state index contributed by atoms with van der Waals surface area (Å²) in [4.78, 5) is 19.3. The molecule has 0 saturated carbocycles. The largest absolute Gasteiger partial charge is 0.457 e. The van der Waals surface area contributed by atoms with Crippen LogP contribution in [-0.4, -0.2) is 35.4 Å². The highest BCUT2D eigenvalue weighted by Crippen LogP contribution is 2.32. The Bertz CT molecular complexity index is 1470. The quantitative estimate of drug-likeness (QED) is 0.263. The Morgan fingerprint density at radius 1 is 0.974 bits per heavy atom. The summed E-state index contributed by atoms with van der Waals surface area (Å²) >= 11 is 0. The molecule has 0 aliphatic carbocycles. The van der Waals surface area contributed by atoms with Crippen molar-refractivity contribution in [2.45, 2.75) is 19.3 Å². The smallest absolute Gasteiger partial charge is 0.248 e. The maximum Gasteiger partial charge on any atom is 0.248 e. The number of likely N-dealkylation sites (tertiary alicyclic amines) is 1. The fraction of sp³-hybridized carbons (Fsp3) is 0.194. The maximum absolute atomic E-state index is 12.5. The number of nitriles is 1. The van der Waals surface area contributed by atoms with Gasteiger partial charge in [-0.15, -0.1) is 0 Å². The van der Waals surface area contributed by atoms with Crippen LogP contribution in [0.5, 0.6) is 11.5 Å². The van der Waals surface area contributed by atoms with E-state index < -0.39 is 0 Å². The fourth-order valence-electron chi connectivity index (χ4n) is 4.50. The zero-order valence-corrected chi connectivity index (χ0v) is 21.1. The molecule has 3 aromatic carbocycles. The highest BCUT2D eigenvalue weighted by Gasteiger charge is 2.12. The van der Waals surface area contributed by atoms with Gasteiger partial charge in [0.05, 0.1) is 16.8 Å². The van der Waals surface area contributed by atoms with E-state index in [9.17, 15) is 10.1 Å². The minimum Gasteiger partial charge on any atom is -0.457 e. The molecule has 0 unspecified atom stereocenters. The average Bonchev–Trinajstić information content (AvgIpc) is 2.95. The molecule has 0 bridgehead atoms. The van der Waals surface area contributed by atoms with Crippen LogP contribution in [0.3, 0.4) is 0 Å². The van der Waals surface area contributed by atoms with Crippen LogP contribution in [0.2, 0.25) is 0 Å². The van der Waals surface area contributed by atoms with Crippen LogP contribution in [0.15, 0.2) is 91.1 Å². The molecule has 2 heterocycles. The number of piperidine rings is 1. The Labute approximate surface area is 222 Å². The number of ether oxygens (including phenoxy) is 1. The first-order chi connectivity index (χ1) is 18.7. The lowest BCUT2D eigenvalue weighted by atomic mass is 10.1. The second kappa shape index (κ2) is 12.0. The predicted octanol–water partition coefficient (Wildman–Crippen LogP) is 6.62.